The Balaban J connectivity index is 1.65. The summed E-state index contributed by atoms with van der Waals surface area (Å²) < 4.78 is 0. The van der Waals surface area contributed by atoms with Gasteiger partial charge in [-0.1, -0.05) is 37.3 Å². The van der Waals surface area contributed by atoms with E-state index >= 15 is 0 Å². The lowest BCUT2D eigenvalue weighted by Gasteiger charge is -2.29. The first kappa shape index (κ1) is 19.8. The molecule has 1 aromatic heterocycles. The minimum Gasteiger partial charge on any atom is -0.357 e. The second kappa shape index (κ2) is 10.4. The van der Waals surface area contributed by atoms with E-state index in [2.05, 4.69) is 70.1 Å². The molecule has 5 nitrogen and oxygen atoms in total. The van der Waals surface area contributed by atoms with Gasteiger partial charge in [0.1, 0.15) is 0 Å². The van der Waals surface area contributed by atoms with E-state index in [0.29, 0.717) is 12.6 Å². The van der Waals surface area contributed by atoms with Crippen molar-refractivity contribution in [2.45, 2.75) is 45.7 Å². The van der Waals surface area contributed by atoms with E-state index in [4.69, 9.17) is 4.99 Å². The maximum absolute atomic E-state index is 4.74. The molecule has 0 spiro atoms. The average Bonchev–Trinajstić information content (AvgIpc) is 3.39. The van der Waals surface area contributed by atoms with Crippen LogP contribution in [0.1, 0.15) is 49.0 Å². The summed E-state index contributed by atoms with van der Waals surface area (Å²) >= 11 is 1.72. The number of thiazole rings is 1. The van der Waals surface area contributed by atoms with Gasteiger partial charge in [-0.3, -0.25) is 4.90 Å². The molecule has 1 atom stereocenters. The highest BCUT2D eigenvalue weighted by Gasteiger charge is 2.23. The monoisotopic (exact) mass is 385 g/mol. The van der Waals surface area contributed by atoms with Crippen LogP contribution < -0.4 is 10.6 Å². The molecule has 1 saturated heterocycles. The van der Waals surface area contributed by atoms with Crippen LogP contribution in [0, 0.1) is 0 Å². The summed E-state index contributed by atoms with van der Waals surface area (Å²) in [7, 11) is 0. The summed E-state index contributed by atoms with van der Waals surface area (Å²) in [5.74, 6) is 0.865. The minimum atomic E-state index is 0.378. The molecule has 1 unspecified atom stereocenters. The fourth-order valence-corrected chi connectivity index (χ4v) is 4.20. The van der Waals surface area contributed by atoms with Crippen molar-refractivity contribution in [3.05, 3.63) is 52.0 Å². The lowest BCUT2D eigenvalue weighted by Crippen LogP contribution is -2.42. The van der Waals surface area contributed by atoms with Crippen LogP contribution in [0.5, 0.6) is 0 Å². The van der Waals surface area contributed by atoms with Crippen LogP contribution in [0.4, 0.5) is 0 Å². The van der Waals surface area contributed by atoms with Crippen molar-refractivity contribution in [1.82, 2.24) is 20.5 Å². The first-order chi connectivity index (χ1) is 13.3. The van der Waals surface area contributed by atoms with E-state index in [9.17, 15) is 0 Å². The van der Waals surface area contributed by atoms with Crippen molar-refractivity contribution in [3.63, 3.8) is 0 Å². The standard InChI is InChI=1S/C21H31N5S/c1-3-20-25-18(16-27-20)14-23-21(22-4-2)24-15-19(26-12-8-9-13-26)17-10-6-5-7-11-17/h5-7,10-11,16,19H,3-4,8-9,12-15H2,1-2H3,(H2,22,23,24). The average molecular weight is 386 g/mol. The van der Waals surface area contributed by atoms with Gasteiger partial charge in [0.2, 0.25) is 0 Å². The molecule has 1 aliphatic rings. The van der Waals surface area contributed by atoms with Crippen LogP contribution in [0.25, 0.3) is 0 Å². The zero-order chi connectivity index (χ0) is 18.9. The second-order valence-electron chi connectivity index (χ2n) is 6.83. The van der Waals surface area contributed by atoms with Gasteiger partial charge in [-0.2, -0.15) is 0 Å². The number of guanidine groups is 1. The van der Waals surface area contributed by atoms with E-state index in [0.717, 1.165) is 31.2 Å². The molecule has 2 heterocycles. The molecule has 1 aliphatic heterocycles. The van der Waals surface area contributed by atoms with Crippen molar-refractivity contribution >= 4 is 17.3 Å². The Morgan fingerprint density at radius 1 is 1.19 bits per heavy atom. The number of aliphatic imine (C=N–C) groups is 1. The zero-order valence-corrected chi connectivity index (χ0v) is 17.3. The molecule has 3 rings (SSSR count). The molecule has 146 valence electrons. The van der Waals surface area contributed by atoms with Gasteiger partial charge in [0, 0.05) is 18.5 Å². The van der Waals surface area contributed by atoms with E-state index in [1.54, 1.807) is 11.3 Å². The fourth-order valence-electron chi connectivity index (χ4n) is 3.47. The quantitative estimate of drug-likeness (QED) is 0.538. The van der Waals surface area contributed by atoms with Crippen molar-refractivity contribution < 1.29 is 0 Å². The SMILES string of the molecule is CCNC(=NCc1csc(CC)n1)NCC(c1ccccc1)N1CCCC1. The van der Waals surface area contributed by atoms with Crippen LogP contribution in [0.3, 0.4) is 0 Å². The van der Waals surface area contributed by atoms with Crippen LogP contribution in [0.2, 0.25) is 0 Å². The van der Waals surface area contributed by atoms with Gasteiger partial charge >= 0.3 is 0 Å². The summed E-state index contributed by atoms with van der Waals surface area (Å²) in [6.07, 6.45) is 3.57. The number of rotatable bonds is 8. The number of likely N-dealkylation sites (tertiary alicyclic amines) is 1. The van der Waals surface area contributed by atoms with Gasteiger partial charge in [0.25, 0.3) is 0 Å². The summed E-state index contributed by atoms with van der Waals surface area (Å²) in [6, 6.07) is 11.2. The van der Waals surface area contributed by atoms with Crippen molar-refractivity contribution in [3.8, 4) is 0 Å². The highest BCUT2D eigenvalue weighted by molar-refractivity contribution is 7.09. The first-order valence-corrected chi connectivity index (χ1v) is 10.9. The van der Waals surface area contributed by atoms with E-state index in [1.165, 1.54) is 36.5 Å². The molecular weight excluding hydrogens is 354 g/mol. The smallest absolute Gasteiger partial charge is 0.191 e. The third kappa shape index (κ3) is 5.78. The lowest BCUT2D eigenvalue weighted by atomic mass is 10.1. The molecule has 1 fully saturated rings. The molecule has 0 saturated carbocycles. The molecule has 0 radical (unpaired) electrons. The number of aromatic nitrogens is 1. The lowest BCUT2D eigenvalue weighted by molar-refractivity contribution is 0.245. The summed E-state index contributed by atoms with van der Waals surface area (Å²) in [5, 5.41) is 10.2. The molecule has 0 amide bonds. The molecular formula is C21H31N5S. The molecule has 0 bridgehead atoms. The van der Waals surface area contributed by atoms with Gasteiger partial charge in [-0.15, -0.1) is 11.3 Å². The molecule has 27 heavy (non-hydrogen) atoms. The van der Waals surface area contributed by atoms with Crippen molar-refractivity contribution in [1.29, 1.82) is 0 Å². The number of benzene rings is 1. The highest BCUT2D eigenvalue weighted by atomic mass is 32.1. The van der Waals surface area contributed by atoms with E-state index in [-0.39, 0.29) is 0 Å². The van der Waals surface area contributed by atoms with Gasteiger partial charge in [-0.25, -0.2) is 9.98 Å². The maximum Gasteiger partial charge on any atom is 0.191 e. The Hall–Kier alpha value is -1.92. The van der Waals surface area contributed by atoms with Gasteiger partial charge in [-0.05, 0) is 44.8 Å². The molecule has 2 aromatic rings. The van der Waals surface area contributed by atoms with Crippen LogP contribution in [-0.2, 0) is 13.0 Å². The van der Waals surface area contributed by atoms with E-state index in [1.807, 2.05) is 0 Å². The Kier molecular flexibility index (Phi) is 7.66. The minimum absolute atomic E-state index is 0.378. The second-order valence-corrected chi connectivity index (χ2v) is 7.77. The molecule has 2 N–H and O–H groups in total. The van der Waals surface area contributed by atoms with Crippen molar-refractivity contribution in [2.75, 3.05) is 26.2 Å². The number of nitrogens with one attached hydrogen (secondary N) is 2. The summed E-state index contributed by atoms with van der Waals surface area (Å²) in [5.41, 5.74) is 2.42. The van der Waals surface area contributed by atoms with Crippen LogP contribution >= 0.6 is 11.3 Å². The zero-order valence-electron chi connectivity index (χ0n) is 16.4. The first-order valence-electron chi connectivity index (χ1n) is 10.0. The number of hydrogen-bond acceptors (Lipinski definition) is 4. The molecule has 6 heteroatoms. The summed E-state index contributed by atoms with van der Waals surface area (Å²) in [4.78, 5) is 11.9. The number of nitrogens with zero attached hydrogens (tertiary/aromatic N) is 3. The van der Waals surface area contributed by atoms with Crippen molar-refractivity contribution in [2.24, 2.45) is 4.99 Å². The Bertz CT molecular complexity index is 706. The fraction of sp³-hybridized carbons (Fsp3) is 0.524. The van der Waals surface area contributed by atoms with E-state index < -0.39 is 0 Å². The predicted octanol–water partition coefficient (Wildman–Crippen LogP) is 3.60. The summed E-state index contributed by atoms with van der Waals surface area (Å²) in [6.45, 7) is 8.91. The normalized spacial score (nSPS) is 16.4. The molecule has 1 aromatic carbocycles. The third-order valence-electron chi connectivity index (χ3n) is 4.87. The largest absolute Gasteiger partial charge is 0.357 e. The van der Waals surface area contributed by atoms with Gasteiger partial charge in [0.15, 0.2) is 5.96 Å². The van der Waals surface area contributed by atoms with Crippen LogP contribution in [0.15, 0.2) is 40.7 Å². The Morgan fingerprint density at radius 3 is 2.63 bits per heavy atom. The number of hydrogen-bond donors (Lipinski definition) is 2. The maximum atomic E-state index is 4.74. The molecule has 0 aliphatic carbocycles. The topological polar surface area (TPSA) is 52.6 Å². The Labute approximate surface area is 166 Å². The number of aryl methyl sites for hydroxylation is 1. The third-order valence-corrected chi connectivity index (χ3v) is 5.92. The predicted molar refractivity (Wildman–Crippen MR) is 114 cm³/mol. The van der Waals surface area contributed by atoms with Crippen LogP contribution in [-0.4, -0.2) is 42.0 Å². The van der Waals surface area contributed by atoms with Gasteiger partial charge in [0.05, 0.1) is 23.3 Å². The van der Waals surface area contributed by atoms with Gasteiger partial charge < -0.3 is 10.6 Å². The highest BCUT2D eigenvalue weighted by Crippen LogP contribution is 2.24. The Morgan fingerprint density at radius 2 is 1.96 bits per heavy atom.